The summed E-state index contributed by atoms with van der Waals surface area (Å²) in [6.45, 7) is 11.3. The predicted molar refractivity (Wildman–Crippen MR) is 247 cm³/mol. The normalized spacial score (nSPS) is 12.5. The first kappa shape index (κ1) is 56.4. The molecule has 0 amide bonds. The zero-order chi connectivity index (χ0) is 42.6. The summed E-state index contributed by atoms with van der Waals surface area (Å²) in [6, 6.07) is 0. The van der Waals surface area contributed by atoms with Gasteiger partial charge in [0.2, 0.25) is 0 Å². The molecule has 0 bridgehead atoms. The Balaban J connectivity index is 4.28. The average molecular weight is 821 g/mol. The number of rotatable bonds is 46. The summed E-state index contributed by atoms with van der Waals surface area (Å²) in [6.07, 6.45) is 45.2. The lowest BCUT2D eigenvalue weighted by molar-refractivity contribution is -0.167. The van der Waals surface area contributed by atoms with Gasteiger partial charge >= 0.3 is 17.9 Å². The van der Waals surface area contributed by atoms with Gasteiger partial charge in [0.15, 0.2) is 6.10 Å². The zero-order valence-electron chi connectivity index (χ0n) is 39.7. The van der Waals surface area contributed by atoms with E-state index in [1.165, 1.54) is 173 Å². The van der Waals surface area contributed by atoms with Gasteiger partial charge in [-0.2, -0.15) is 0 Å². The van der Waals surface area contributed by atoms with Crippen LogP contribution in [0.25, 0.3) is 0 Å². The second-order valence-electron chi connectivity index (χ2n) is 18.5. The Morgan fingerprint density at radius 1 is 0.362 bits per heavy atom. The van der Waals surface area contributed by atoms with Gasteiger partial charge in [0.05, 0.1) is 0 Å². The van der Waals surface area contributed by atoms with Crippen molar-refractivity contribution < 1.29 is 28.6 Å². The van der Waals surface area contributed by atoms with Crippen LogP contribution in [0.4, 0.5) is 0 Å². The molecular formula is C52H100O6. The van der Waals surface area contributed by atoms with E-state index in [2.05, 4.69) is 34.6 Å². The number of carbonyl (C=O) groups is 3. The summed E-state index contributed by atoms with van der Waals surface area (Å²) in [5, 5.41) is 0. The highest BCUT2D eigenvalue weighted by atomic mass is 16.6. The van der Waals surface area contributed by atoms with Gasteiger partial charge in [-0.05, 0) is 31.1 Å². The van der Waals surface area contributed by atoms with E-state index in [1.54, 1.807) is 0 Å². The fourth-order valence-corrected chi connectivity index (χ4v) is 7.78. The monoisotopic (exact) mass is 821 g/mol. The molecular weight excluding hydrogens is 721 g/mol. The molecule has 0 radical (unpaired) electrons. The fraction of sp³-hybridized carbons (Fsp3) is 0.942. The SMILES string of the molecule is CCCCCCCCCCCCCCCCCCCC(=O)OC[C@H](COC(=O)CCCCCCCCC(C)CC)OC(=O)CCCCCCCCCCCCC(C)C. The number of ether oxygens (including phenoxy) is 3. The van der Waals surface area contributed by atoms with Crippen LogP contribution in [-0.2, 0) is 28.6 Å². The van der Waals surface area contributed by atoms with Crippen molar-refractivity contribution in [3.05, 3.63) is 0 Å². The van der Waals surface area contributed by atoms with E-state index in [-0.39, 0.29) is 31.1 Å². The van der Waals surface area contributed by atoms with Gasteiger partial charge in [0.1, 0.15) is 13.2 Å². The van der Waals surface area contributed by atoms with Crippen molar-refractivity contribution in [1.82, 2.24) is 0 Å². The maximum absolute atomic E-state index is 12.8. The standard InChI is InChI=1S/C52H100O6/c1-6-8-9-10-11-12-13-14-15-16-17-18-19-23-26-32-37-42-50(53)56-45-49(46-57-51(54)43-38-33-29-28-31-36-41-48(5)7-2)58-52(55)44-39-34-27-24-21-20-22-25-30-35-40-47(3)4/h47-49H,6-46H2,1-5H3/t48?,49-/m1/s1. The molecule has 2 atom stereocenters. The van der Waals surface area contributed by atoms with Crippen molar-refractivity contribution in [2.75, 3.05) is 13.2 Å². The molecule has 0 aliphatic heterocycles. The lowest BCUT2D eigenvalue weighted by Gasteiger charge is -2.18. The summed E-state index contributed by atoms with van der Waals surface area (Å²) in [5.41, 5.74) is 0. The van der Waals surface area contributed by atoms with Crippen LogP contribution in [0, 0.1) is 11.8 Å². The first-order chi connectivity index (χ1) is 28.3. The summed E-state index contributed by atoms with van der Waals surface area (Å²) in [4.78, 5) is 37.9. The predicted octanol–water partition coefficient (Wildman–Crippen LogP) is 16.5. The Morgan fingerprint density at radius 3 is 0.983 bits per heavy atom. The van der Waals surface area contributed by atoms with Crippen LogP contribution < -0.4 is 0 Å². The summed E-state index contributed by atoms with van der Waals surface area (Å²) < 4.78 is 16.8. The van der Waals surface area contributed by atoms with Crippen LogP contribution in [0.2, 0.25) is 0 Å². The molecule has 0 heterocycles. The van der Waals surface area contributed by atoms with E-state index in [1.807, 2.05) is 0 Å². The maximum Gasteiger partial charge on any atom is 0.306 e. The Hall–Kier alpha value is -1.59. The van der Waals surface area contributed by atoms with Crippen LogP contribution in [0.3, 0.4) is 0 Å². The number of hydrogen-bond acceptors (Lipinski definition) is 6. The van der Waals surface area contributed by atoms with Crippen LogP contribution >= 0.6 is 0 Å². The summed E-state index contributed by atoms with van der Waals surface area (Å²) in [5.74, 6) is 0.778. The van der Waals surface area contributed by atoms with Crippen molar-refractivity contribution >= 4 is 17.9 Å². The van der Waals surface area contributed by atoms with Gasteiger partial charge in [-0.3, -0.25) is 14.4 Å². The molecule has 1 unspecified atom stereocenters. The van der Waals surface area contributed by atoms with E-state index < -0.39 is 6.10 Å². The van der Waals surface area contributed by atoms with Gasteiger partial charge in [-0.15, -0.1) is 0 Å². The molecule has 0 N–H and O–H groups in total. The minimum Gasteiger partial charge on any atom is -0.462 e. The van der Waals surface area contributed by atoms with Crippen molar-refractivity contribution in [2.45, 2.75) is 291 Å². The smallest absolute Gasteiger partial charge is 0.306 e. The van der Waals surface area contributed by atoms with Gasteiger partial charge in [0, 0.05) is 19.3 Å². The second kappa shape index (κ2) is 44.9. The minimum absolute atomic E-state index is 0.0646. The van der Waals surface area contributed by atoms with Crippen molar-refractivity contribution in [2.24, 2.45) is 11.8 Å². The molecule has 0 saturated carbocycles. The maximum atomic E-state index is 12.8. The first-order valence-electron chi connectivity index (χ1n) is 25.8. The van der Waals surface area contributed by atoms with Crippen LogP contribution in [0.15, 0.2) is 0 Å². The third-order valence-corrected chi connectivity index (χ3v) is 12.1. The molecule has 0 aliphatic rings. The quantitative estimate of drug-likeness (QED) is 0.0346. The largest absolute Gasteiger partial charge is 0.462 e. The van der Waals surface area contributed by atoms with Crippen molar-refractivity contribution in [1.29, 1.82) is 0 Å². The van der Waals surface area contributed by atoms with E-state index >= 15 is 0 Å². The number of carbonyl (C=O) groups excluding carboxylic acids is 3. The van der Waals surface area contributed by atoms with E-state index in [9.17, 15) is 14.4 Å². The Morgan fingerprint density at radius 2 is 0.655 bits per heavy atom. The lowest BCUT2D eigenvalue weighted by atomic mass is 10.00. The van der Waals surface area contributed by atoms with Crippen LogP contribution in [-0.4, -0.2) is 37.2 Å². The second-order valence-corrected chi connectivity index (χ2v) is 18.5. The number of hydrogen-bond donors (Lipinski definition) is 0. The molecule has 58 heavy (non-hydrogen) atoms. The third kappa shape index (κ3) is 44.0. The molecule has 0 fully saturated rings. The lowest BCUT2D eigenvalue weighted by Crippen LogP contribution is -2.30. The molecule has 6 nitrogen and oxygen atoms in total. The summed E-state index contributed by atoms with van der Waals surface area (Å²) >= 11 is 0. The fourth-order valence-electron chi connectivity index (χ4n) is 7.78. The van der Waals surface area contributed by atoms with Gasteiger partial charge in [0.25, 0.3) is 0 Å². The highest BCUT2D eigenvalue weighted by Crippen LogP contribution is 2.18. The van der Waals surface area contributed by atoms with Gasteiger partial charge < -0.3 is 14.2 Å². The Labute approximate surface area is 361 Å². The Kier molecular flexibility index (Phi) is 43.7. The van der Waals surface area contributed by atoms with Crippen LogP contribution in [0.1, 0.15) is 285 Å². The highest BCUT2D eigenvalue weighted by Gasteiger charge is 2.19. The van der Waals surface area contributed by atoms with E-state index in [0.717, 1.165) is 69.6 Å². The summed E-state index contributed by atoms with van der Waals surface area (Å²) in [7, 11) is 0. The molecule has 0 rings (SSSR count). The molecule has 0 aromatic heterocycles. The van der Waals surface area contributed by atoms with E-state index in [4.69, 9.17) is 14.2 Å². The molecule has 0 spiro atoms. The third-order valence-electron chi connectivity index (χ3n) is 12.1. The first-order valence-corrected chi connectivity index (χ1v) is 25.8. The van der Waals surface area contributed by atoms with Crippen LogP contribution in [0.5, 0.6) is 0 Å². The van der Waals surface area contributed by atoms with Gasteiger partial charge in [-0.25, -0.2) is 0 Å². The minimum atomic E-state index is -0.762. The van der Waals surface area contributed by atoms with Crippen molar-refractivity contribution in [3.8, 4) is 0 Å². The zero-order valence-corrected chi connectivity index (χ0v) is 39.7. The highest BCUT2D eigenvalue weighted by molar-refractivity contribution is 5.71. The van der Waals surface area contributed by atoms with E-state index in [0.29, 0.717) is 19.3 Å². The number of esters is 3. The van der Waals surface area contributed by atoms with Crippen molar-refractivity contribution in [3.63, 3.8) is 0 Å². The number of unbranched alkanes of at least 4 members (excludes halogenated alkanes) is 30. The molecule has 6 heteroatoms. The molecule has 0 aromatic carbocycles. The molecule has 0 aromatic rings. The molecule has 0 aliphatic carbocycles. The molecule has 344 valence electrons. The van der Waals surface area contributed by atoms with Gasteiger partial charge in [-0.1, -0.05) is 247 Å². The average Bonchev–Trinajstić information content (AvgIpc) is 3.21. The molecule has 0 saturated heterocycles. The Bertz CT molecular complexity index is 887. The topological polar surface area (TPSA) is 78.9 Å².